The molecule has 0 saturated heterocycles. The van der Waals surface area contributed by atoms with Crippen molar-refractivity contribution in [3.8, 4) is 0 Å². The molecule has 0 radical (unpaired) electrons. The first kappa shape index (κ1) is 18.5. The summed E-state index contributed by atoms with van der Waals surface area (Å²) in [6.45, 7) is 12.0. The van der Waals surface area contributed by atoms with E-state index in [1.54, 1.807) is 11.8 Å². The van der Waals surface area contributed by atoms with Crippen LogP contribution in [0.2, 0.25) is 0 Å². The van der Waals surface area contributed by atoms with E-state index < -0.39 is 0 Å². The molecule has 0 aromatic heterocycles. The standard InChI is InChI=1S/C20H37N/c1-16(8-6-9-17(2)13-15-21)11-12-19-18(3)10-7-14-20(19,4)5/h8,15,17-19,21H,6-7,9-14H2,1-5H3/b16-8+,21-15?. The van der Waals surface area contributed by atoms with Crippen molar-refractivity contribution in [1.82, 2.24) is 0 Å². The van der Waals surface area contributed by atoms with Gasteiger partial charge in [0.15, 0.2) is 0 Å². The zero-order chi connectivity index (χ0) is 15.9. The molecule has 1 aliphatic carbocycles. The third-order valence-electron chi connectivity index (χ3n) is 5.69. The first-order valence-electron chi connectivity index (χ1n) is 9.01. The van der Waals surface area contributed by atoms with Crippen molar-refractivity contribution in [1.29, 1.82) is 5.41 Å². The normalized spacial score (nSPS) is 27.4. The Morgan fingerprint density at radius 3 is 2.71 bits per heavy atom. The van der Waals surface area contributed by atoms with E-state index in [0.29, 0.717) is 11.3 Å². The van der Waals surface area contributed by atoms with E-state index >= 15 is 0 Å². The summed E-state index contributed by atoms with van der Waals surface area (Å²) in [4.78, 5) is 0. The maximum absolute atomic E-state index is 7.15. The molecular weight excluding hydrogens is 254 g/mol. The molecule has 1 fully saturated rings. The maximum atomic E-state index is 7.15. The van der Waals surface area contributed by atoms with Gasteiger partial charge in [-0.1, -0.05) is 52.2 Å². The van der Waals surface area contributed by atoms with Crippen molar-refractivity contribution in [2.45, 2.75) is 86.0 Å². The highest BCUT2D eigenvalue weighted by Crippen LogP contribution is 2.46. The number of hydrogen-bond acceptors (Lipinski definition) is 1. The van der Waals surface area contributed by atoms with E-state index in [2.05, 4.69) is 40.7 Å². The second-order valence-electron chi connectivity index (χ2n) is 8.18. The molecule has 3 unspecified atom stereocenters. The Morgan fingerprint density at radius 2 is 2.10 bits per heavy atom. The second kappa shape index (κ2) is 8.76. The molecule has 0 spiro atoms. The van der Waals surface area contributed by atoms with Gasteiger partial charge in [-0.2, -0.15) is 0 Å². The molecule has 1 nitrogen and oxygen atoms in total. The van der Waals surface area contributed by atoms with E-state index in [1.807, 2.05) is 0 Å². The van der Waals surface area contributed by atoms with Crippen LogP contribution in [0.15, 0.2) is 11.6 Å². The van der Waals surface area contributed by atoms with Crippen molar-refractivity contribution in [2.24, 2.45) is 23.2 Å². The summed E-state index contributed by atoms with van der Waals surface area (Å²) >= 11 is 0. The predicted octanol–water partition coefficient (Wildman–Crippen LogP) is 6.63. The Labute approximate surface area is 133 Å². The molecular formula is C20H37N. The summed E-state index contributed by atoms with van der Waals surface area (Å²) in [6.07, 6.45) is 14.2. The average Bonchev–Trinajstić information content (AvgIpc) is 2.37. The first-order valence-corrected chi connectivity index (χ1v) is 9.01. The Morgan fingerprint density at radius 1 is 1.38 bits per heavy atom. The molecule has 0 amide bonds. The van der Waals surface area contributed by atoms with Crippen molar-refractivity contribution < 1.29 is 0 Å². The molecule has 0 aromatic carbocycles. The Hall–Kier alpha value is -0.590. The van der Waals surface area contributed by atoms with Crippen LogP contribution >= 0.6 is 0 Å². The van der Waals surface area contributed by atoms with Gasteiger partial charge in [-0.3, -0.25) is 0 Å². The van der Waals surface area contributed by atoms with E-state index in [9.17, 15) is 0 Å². The second-order valence-corrected chi connectivity index (χ2v) is 8.18. The zero-order valence-corrected chi connectivity index (χ0v) is 15.0. The fraction of sp³-hybridized carbons (Fsp3) is 0.850. The molecule has 122 valence electrons. The van der Waals surface area contributed by atoms with Crippen LogP contribution in [0, 0.1) is 28.6 Å². The minimum atomic E-state index is 0.538. The van der Waals surface area contributed by atoms with Crippen LogP contribution in [0.3, 0.4) is 0 Å². The predicted molar refractivity (Wildman–Crippen MR) is 95.1 cm³/mol. The maximum Gasteiger partial charge on any atom is -0.00451 e. The highest BCUT2D eigenvalue weighted by atomic mass is 14.4. The van der Waals surface area contributed by atoms with Crippen LogP contribution in [0.1, 0.15) is 86.0 Å². The number of rotatable bonds is 8. The summed E-state index contributed by atoms with van der Waals surface area (Å²) in [6, 6.07) is 0. The lowest BCUT2D eigenvalue weighted by molar-refractivity contribution is 0.0767. The third-order valence-corrected chi connectivity index (χ3v) is 5.69. The molecule has 1 saturated carbocycles. The lowest BCUT2D eigenvalue weighted by atomic mass is 9.62. The quantitative estimate of drug-likeness (QED) is 0.383. The SMILES string of the molecule is C/C(=C\CCC(C)CC=N)CCC1C(C)CCCC1(C)C. The highest BCUT2D eigenvalue weighted by molar-refractivity contribution is 5.53. The van der Waals surface area contributed by atoms with Crippen molar-refractivity contribution >= 4 is 6.21 Å². The van der Waals surface area contributed by atoms with Gasteiger partial charge in [-0.15, -0.1) is 0 Å². The van der Waals surface area contributed by atoms with Crippen LogP contribution in [0.25, 0.3) is 0 Å². The van der Waals surface area contributed by atoms with E-state index in [-0.39, 0.29) is 0 Å². The van der Waals surface area contributed by atoms with Crippen LogP contribution in [-0.4, -0.2) is 6.21 Å². The van der Waals surface area contributed by atoms with Gasteiger partial charge in [0.1, 0.15) is 0 Å². The highest BCUT2D eigenvalue weighted by Gasteiger charge is 2.36. The molecule has 1 N–H and O–H groups in total. The molecule has 1 heteroatoms. The molecule has 0 bridgehead atoms. The number of nitrogens with one attached hydrogen (secondary N) is 1. The van der Waals surface area contributed by atoms with Gasteiger partial charge in [-0.25, -0.2) is 0 Å². The van der Waals surface area contributed by atoms with Gasteiger partial charge in [0, 0.05) is 0 Å². The van der Waals surface area contributed by atoms with E-state index in [1.165, 1.54) is 44.9 Å². The monoisotopic (exact) mass is 291 g/mol. The van der Waals surface area contributed by atoms with Crippen LogP contribution in [-0.2, 0) is 0 Å². The van der Waals surface area contributed by atoms with E-state index in [0.717, 1.165) is 18.3 Å². The lowest BCUT2D eigenvalue weighted by Gasteiger charge is -2.43. The third kappa shape index (κ3) is 6.36. The van der Waals surface area contributed by atoms with Gasteiger partial charge in [0.2, 0.25) is 0 Å². The van der Waals surface area contributed by atoms with Crippen molar-refractivity contribution in [3.05, 3.63) is 11.6 Å². The minimum absolute atomic E-state index is 0.538. The molecule has 0 heterocycles. The fourth-order valence-corrected chi connectivity index (χ4v) is 4.13. The van der Waals surface area contributed by atoms with Crippen LogP contribution < -0.4 is 0 Å². The minimum Gasteiger partial charge on any atom is -0.313 e. The topological polar surface area (TPSA) is 23.9 Å². The smallest absolute Gasteiger partial charge is 0.00451 e. The average molecular weight is 292 g/mol. The summed E-state index contributed by atoms with van der Waals surface area (Å²) < 4.78 is 0. The summed E-state index contributed by atoms with van der Waals surface area (Å²) in [5, 5.41) is 7.15. The first-order chi connectivity index (χ1) is 9.86. The molecule has 3 atom stereocenters. The summed E-state index contributed by atoms with van der Waals surface area (Å²) in [5.74, 6) is 2.45. The summed E-state index contributed by atoms with van der Waals surface area (Å²) in [7, 11) is 0. The Bertz CT molecular complexity index is 340. The van der Waals surface area contributed by atoms with Crippen LogP contribution in [0.5, 0.6) is 0 Å². The zero-order valence-electron chi connectivity index (χ0n) is 15.0. The number of allylic oxidation sites excluding steroid dienone is 2. The largest absolute Gasteiger partial charge is 0.313 e. The molecule has 0 aliphatic heterocycles. The lowest BCUT2D eigenvalue weighted by Crippen LogP contribution is -2.33. The fourth-order valence-electron chi connectivity index (χ4n) is 4.13. The Balaban J connectivity index is 2.37. The molecule has 1 rings (SSSR count). The van der Waals surface area contributed by atoms with Gasteiger partial charge in [0.25, 0.3) is 0 Å². The Kier molecular flexibility index (Phi) is 7.70. The summed E-state index contributed by atoms with van der Waals surface area (Å²) in [5.41, 5.74) is 2.11. The van der Waals surface area contributed by atoms with Crippen LogP contribution in [0.4, 0.5) is 0 Å². The molecule has 0 aromatic rings. The van der Waals surface area contributed by atoms with E-state index in [4.69, 9.17) is 5.41 Å². The van der Waals surface area contributed by atoms with Gasteiger partial charge in [0.05, 0.1) is 0 Å². The number of hydrogen-bond donors (Lipinski definition) is 1. The molecule has 1 aliphatic rings. The van der Waals surface area contributed by atoms with Crippen molar-refractivity contribution in [2.75, 3.05) is 0 Å². The van der Waals surface area contributed by atoms with Gasteiger partial charge in [-0.05, 0) is 74.8 Å². The molecule has 21 heavy (non-hydrogen) atoms. The van der Waals surface area contributed by atoms with Gasteiger partial charge < -0.3 is 5.41 Å². The van der Waals surface area contributed by atoms with Gasteiger partial charge >= 0.3 is 0 Å². The van der Waals surface area contributed by atoms with Crippen molar-refractivity contribution in [3.63, 3.8) is 0 Å².